The molecule has 216 valence electrons. The molecule has 0 saturated heterocycles. The van der Waals surface area contributed by atoms with Gasteiger partial charge in [-0.25, -0.2) is 0 Å². The molecule has 0 spiro atoms. The van der Waals surface area contributed by atoms with Crippen molar-refractivity contribution in [2.75, 3.05) is 0 Å². The van der Waals surface area contributed by atoms with Crippen LogP contribution in [0.15, 0.2) is 24.3 Å². The summed E-state index contributed by atoms with van der Waals surface area (Å²) in [5.74, 6) is 0. The van der Waals surface area contributed by atoms with Crippen molar-refractivity contribution in [3.63, 3.8) is 0 Å². The van der Waals surface area contributed by atoms with Crippen molar-refractivity contribution < 1.29 is 48.8 Å². The maximum atomic E-state index is 7.56. The average Bonchev–Trinajstić information content (AvgIpc) is 2.76. The van der Waals surface area contributed by atoms with Gasteiger partial charge >= 0.3 is 13.4 Å². The number of benzene rings is 1. The molecule has 0 fully saturated rings. The van der Waals surface area contributed by atoms with Crippen LogP contribution in [0.3, 0.4) is 0 Å². The predicted octanol–water partition coefficient (Wildman–Crippen LogP) is 7.43. The van der Waals surface area contributed by atoms with Crippen molar-refractivity contribution >= 4 is 37.1 Å². The molecule has 0 atom stereocenters. The van der Waals surface area contributed by atoms with E-state index in [0.29, 0.717) is 0 Å². The van der Waals surface area contributed by atoms with Gasteiger partial charge in [-0.05, 0) is 60.4 Å². The van der Waals surface area contributed by atoms with Gasteiger partial charge in [0.05, 0.1) is 0 Å². The van der Waals surface area contributed by atoms with Crippen LogP contribution in [0.1, 0.15) is 128 Å². The Morgan fingerprint density at radius 3 is 0.946 bits per heavy atom. The van der Waals surface area contributed by atoms with E-state index >= 15 is 0 Å². The summed E-state index contributed by atoms with van der Waals surface area (Å²) in [5, 5.41) is 0. The Bertz CT molecular complexity index is 641. The Balaban J connectivity index is -0.000000889. The van der Waals surface area contributed by atoms with Crippen molar-refractivity contribution in [2.24, 2.45) is 0 Å². The molecule has 1 aromatic rings. The molecule has 1 aromatic carbocycles. The first-order chi connectivity index (χ1) is 16.9. The van der Waals surface area contributed by atoms with E-state index in [4.69, 9.17) is 29.4 Å². The summed E-state index contributed by atoms with van der Waals surface area (Å²) < 4.78 is 0. The fourth-order valence-electron chi connectivity index (χ4n) is 3.94. The molecular weight excluding hydrogens is 600 g/mol. The van der Waals surface area contributed by atoms with Gasteiger partial charge in [-0.2, -0.15) is 0 Å². The summed E-state index contributed by atoms with van der Waals surface area (Å²) in [7, 11) is 0. The number of hydrogen-bond donors (Lipinski definition) is 6. The summed E-state index contributed by atoms with van der Waals surface area (Å²) >= 11 is 7.21. The van der Waals surface area contributed by atoms with Crippen LogP contribution < -0.4 is 0 Å². The third-order valence-electron chi connectivity index (χ3n) is 5.72. The molecule has 0 aliphatic rings. The van der Waals surface area contributed by atoms with Gasteiger partial charge in [0.1, 0.15) is 0 Å². The normalized spacial score (nSPS) is 11.0. The van der Waals surface area contributed by atoms with Crippen LogP contribution in [0.2, 0.25) is 0 Å². The molecule has 6 N–H and O–H groups in total. The van der Waals surface area contributed by atoms with E-state index in [2.05, 4.69) is 61.7 Å². The molecule has 0 aliphatic heterocycles. The molecule has 1 rings (SSSR count). The number of hydrogen-bond acceptors (Lipinski definition) is 2. The predicted molar refractivity (Wildman–Crippen MR) is 161 cm³/mol. The summed E-state index contributed by atoms with van der Waals surface area (Å²) in [6.07, 6.45) is 25.3. The third-order valence-corrected chi connectivity index (χ3v) is 5.72. The van der Waals surface area contributed by atoms with E-state index in [-0.39, 0.29) is 19.5 Å². The van der Waals surface area contributed by atoms with Crippen LogP contribution in [0.5, 0.6) is 0 Å². The Kier molecular flexibility index (Phi) is 32.6. The van der Waals surface area contributed by atoms with E-state index in [9.17, 15) is 0 Å². The molecule has 0 amide bonds. The first kappa shape index (κ1) is 42.4. The van der Waals surface area contributed by atoms with E-state index in [1.54, 1.807) is 11.1 Å². The Morgan fingerprint density at radius 1 is 0.486 bits per heavy atom. The van der Waals surface area contributed by atoms with Crippen LogP contribution in [0.25, 0.3) is 0 Å². The van der Waals surface area contributed by atoms with E-state index in [1.807, 2.05) is 0 Å². The monoisotopic (exact) mass is 650 g/mol. The topological polar surface area (TPSA) is 121 Å². The quantitative estimate of drug-likeness (QED) is 0.0551. The van der Waals surface area contributed by atoms with Gasteiger partial charge in [0.2, 0.25) is 0 Å². The Morgan fingerprint density at radius 2 is 0.703 bits per heavy atom. The standard InChI is InChI=1S/C26H46.2H3O3PS.Zn/c1-3-5-7-9-11-13-15-17-21-25-23-19-20-24-26(25)22-18-16-14-12-10-8-6-4-2;2*1-4(2,3)5;/h19-20,23-24H,3-18,21-22H2,1-2H3;2*(H3,1,2,3,5);. The smallest absolute Gasteiger partial charge is 0.319 e. The molecule has 0 saturated carbocycles. The van der Waals surface area contributed by atoms with Crippen LogP contribution in [0.4, 0.5) is 0 Å². The summed E-state index contributed by atoms with van der Waals surface area (Å²) in [6, 6.07) is 9.22. The van der Waals surface area contributed by atoms with Crippen LogP contribution in [-0.2, 0) is 55.9 Å². The zero-order valence-corrected chi connectivity index (χ0v) is 29.5. The van der Waals surface area contributed by atoms with E-state index < -0.39 is 13.4 Å². The third kappa shape index (κ3) is 44.2. The van der Waals surface area contributed by atoms with Crippen molar-refractivity contribution in [3.8, 4) is 0 Å². The van der Waals surface area contributed by atoms with E-state index in [1.165, 1.54) is 116 Å². The Labute approximate surface area is 249 Å². The second kappa shape index (κ2) is 28.4. The van der Waals surface area contributed by atoms with E-state index in [0.717, 1.165) is 0 Å². The minimum absolute atomic E-state index is 0. The summed E-state index contributed by atoms with van der Waals surface area (Å²) in [4.78, 5) is 45.3. The van der Waals surface area contributed by atoms with Gasteiger partial charge in [-0.15, -0.1) is 0 Å². The van der Waals surface area contributed by atoms with Crippen LogP contribution in [0, 0.1) is 0 Å². The zero-order valence-electron chi connectivity index (χ0n) is 23.1. The van der Waals surface area contributed by atoms with Gasteiger partial charge in [0.15, 0.2) is 0 Å². The second-order valence-electron chi connectivity index (χ2n) is 9.25. The first-order valence-corrected chi connectivity index (χ1v) is 18.8. The molecule has 0 aliphatic carbocycles. The van der Waals surface area contributed by atoms with Crippen molar-refractivity contribution in [1.29, 1.82) is 0 Å². The minimum atomic E-state index is -3.81. The second-order valence-corrected chi connectivity index (χ2v) is 14.2. The SMILES string of the molecule is CCCCCCCCCCc1ccccc1CCCCCCCCCC.OP(O)(O)=S.OP(O)(O)=S.[Zn]. The van der Waals surface area contributed by atoms with Gasteiger partial charge in [0.25, 0.3) is 0 Å². The van der Waals surface area contributed by atoms with Gasteiger partial charge in [0, 0.05) is 19.5 Å². The first-order valence-electron chi connectivity index (χ1n) is 13.5. The summed E-state index contributed by atoms with van der Waals surface area (Å²) in [6.45, 7) is -3.02. The van der Waals surface area contributed by atoms with Crippen molar-refractivity contribution in [2.45, 2.75) is 129 Å². The maximum absolute atomic E-state index is 7.56. The van der Waals surface area contributed by atoms with Gasteiger partial charge in [-0.3, -0.25) is 0 Å². The fraction of sp³-hybridized carbons (Fsp3) is 0.769. The number of aryl methyl sites for hydroxylation is 2. The minimum Gasteiger partial charge on any atom is -0.325 e. The molecule has 0 bridgehead atoms. The largest absolute Gasteiger partial charge is 0.325 e. The van der Waals surface area contributed by atoms with Crippen LogP contribution >= 0.6 is 13.4 Å². The molecule has 0 heterocycles. The number of unbranched alkanes of at least 4 members (excludes halogenated alkanes) is 14. The molecule has 11 heteroatoms. The average molecular weight is 652 g/mol. The fourth-order valence-corrected chi connectivity index (χ4v) is 3.94. The molecule has 6 nitrogen and oxygen atoms in total. The van der Waals surface area contributed by atoms with Crippen molar-refractivity contribution in [1.82, 2.24) is 0 Å². The molecule has 37 heavy (non-hydrogen) atoms. The molecular formula is C26H52O6P2S2Zn. The number of rotatable bonds is 18. The zero-order chi connectivity index (χ0) is 27.7. The summed E-state index contributed by atoms with van der Waals surface area (Å²) in [5.41, 5.74) is 3.25. The molecule has 0 aromatic heterocycles. The van der Waals surface area contributed by atoms with Gasteiger partial charge < -0.3 is 29.4 Å². The van der Waals surface area contributed by atoms with Crippen molar-refractivity contribution in [3.05, 3.63) is 35.4 Å². The molecule has 0 unspecified atom stereocenters. The molecule has 0 radical (unpaired) electrons. The van der Waals surface area contributed by atoms with Crippen LogP contribution in [-0.4, -0.2) is 29.4 Å². The Hall–Kier alpha value is 0.903. The van der Waals surface area contributed by atoms with Gasteiger partial charge in [-0.1, -0.05) is 128 Å². The maximum Gasteiger partial charge on any atom is 0.319 e.